The first kappa shape index (κ1) is 16.3. The number of alkyl halides is 3. The molecule has 116 valence electrons. The van der Waals surface area contributed by atoms with Crippen LogP contribution in [0.1, 0.15) is 31.2 Å². The van der Waals surface area contributed by atoms with Gasteiger partial charge in [-0.25, -0.2) is 0 Å². The monoisotopic (exact) mass is 363 g/mol. The lowest BCUT2D eigenvalue weighted by Crippen LogP contribution is -2.37. The lowest BCUT2D eigenvalue weighted by Gasteiger charge is -2.29. The van der Waals surface area contributed by atoms with E-state index in [-0.39, 0.29) is 18.7 Å². The Labute approximate surface area is 130 Å². The number of halogens is 4. The normalized spacial score (nSPS) is 22.9. The number of amides is 1. The molecule has 2 rings (SSSR count). The molecule has 1 aromatic rings. The molecule has 1 N–H and O–H groups in total. The van der Waals surface area contributed by atoms with E-state index in [9.17, 15) is 18.0 Å². The van der Waals surface area contributed by atoms with Gasteiger partial charge in [0.1, 0.15) is 0 Å². The molecule has 0 bridgehead atoms. The van der Waals surface area contributed by atoms with Gasteiger partial charge in [-0.05, 0) is 37.0 Å². The summed E-state index contributed by atoms with van der Waals surface area (Å²) in [5.74, 6) is -2.14. The van der Waals surface area contributed by atoms with Crippen LogP contribution in [0.3, 0.4) is 0 Å². The van der Waals surface area contributed by atoms with E-state index in [0.717, 1.165) is 10.0 Å². The second kappa shape index (κ2) is 6.81. The molecule has 1 aliphatic carbocycles. The topological polar surface area (TPSA) is 29.1 Å². The molecule has 1 fully saturated rings. The van der Waals surface area contributed by atoms with Crippen LogP contribution in [0.25, 0.3) is 0 Å². The molecule has 1 aromatic carbocycles. The Morgan fingerprint density at radius 3 is 2.52 bits per heavy atom. The van der Waals surface area contributed by atoms with Gasteiger partial charge in [0.25, 0.3) is 0 Å². The van der Waals surface area contributed by atoms with Crippen LogP contribution in [0.2, 0.25) is 0 Å². The van der Waals surface area contributed by atoms with Crippen LogP contribution in [0.4, 0.5) is 13.2 Å². The predicted octanol–water partition coefficient (Wildman–Crippen LogP) is 4.43. The molecular formula is C15H17BrF3NO. The van der Waals surface area contributed by atoms with Crippen molar-refractivity contribution in [3.63, 3.8) is 0 Å². The zero-order chi connectivity index (χ0) is 15.5. The number of nitrogens with one attached hydrogen (secondary N) is 1. The minimum absolute atomic E-state index is 0.0876. The van der Waals surface area contributed by atoms with Gasteiger partial charge in [-0.1, -0.05) is 34.5 Å². The van der Waals surface area contributed by atoms with Crippen LogP contribution < -0.4 is 5.32 Å². The van der Waals surface area contributed by atoms with Crippen LogP contribution in [-0.2, 0) is 11.3 Å². The van der Waals surface area contributed by atoms with E-state index in [2.05, 4.69) is 21.2 Å². The molecule has 1 saturated carbocycles. The predicted molar refractivity (Wildman–Crippen MR) is 77.5 cm³/mol. The van der Waals surface area contributed by atoms with Crippen molar-refractivity contribution in [2.24, 2.45) is 11.8 Å². The second-order valence-electron chi connectivity index (χ2n) is 5.45. The van der Waals surface area contributed by atoms with Gasteiger partial charge in [-0.15, -0.1) is 0 Å². The minimum Gasteiger partial charge on any atom is -0.352 e. The van der Waals surface area contributed by atoms with Gasteiger partial charge in [0.15, 0.2) is 0 Å². The third-order valence-corrected chi connectivity index (χ3v) is 4.42. The summed E-state index contributed by atoms with van der Waals surface area (Å²) in [7, 11) is 0. The number of carbonyl (C=O) groups excluding carboxylic acids is 1. The lowest BCUT2D eigenvalue weighted by atomic mass is 9.80. The molecule has 0 heterocycles. The summed E-state index contributed by atoms with van der Waals surface area (Å²) in [6.07, 6.45) is -3.14. The Hall–Kier alpha value is -1.04. The molecule has 21 heavy (non-hydrogen) atoms. The van der Waals surface area contributed by atoms with Crippen molar-refractivity contribution < 1.29 is 18.0 Å². The molecule has 0 aromatic heterocycles. The van der Waals surface area contributed by atoms with Crippen LogP contribution in [-0.4, -0.2) is 12.1 Å². The Morgan fingerprint density at radius 1 is 1.24 bits per heavy atom. The van der Waals surface area contributed by atoms with Gasteiger partial charge in [0.2, 0.25) is 5.91 Å². The highest BCUT2D eigenvalue weighted by atomic mass is 79.9. The van der Waals surface area contributed by atoms with Gasteiger partial charge < -0.3 is 5.32 Å². The minimum atomic E-state index is -4.19. The van der Waals surface area contributed by atoms with Crippen molar-refractivity contribution in [1.29, 1.82) is 0 Å². The van der Waals surface area contributed by atoms with Crippen LogP contribution in [0.15, 0.2) is 28.7 Å². The average Bonchev–Trinajstić information content (AvgIpc) is 2.45. The molecule has 0 spiro atoms. The molecule has 2 unspecified atom stereocenters. The summed E-state index contributed by atoms with van der Waals surface area (Å²) >= 11 is 3.32. The second-order valence-corrected chi connectivity index (χ2v) is 6.36. The smallest absolute Gasteiger partial charge is 0.352 e. The first-order valence-corrected chi connectivity index (χ1v) is 7.74. The third kappa shape index (κ3) is 4.73. The van der Waals surface area contributed by atoms with E-state index in [1.165, 1.54) is 0 Å². The number of hydrogen-bond donors (Lipinski definition) is 1. The van der Waals surface area contributed by atoms with Gasteiger partial charge in [-0.2, -0.15) is 13.2 Å². The fourth-order valence-electron chi connectivity index (χ4n) is 2.66. The summed E-state index contributed by atoms with van der Waals surface area (Å²) in [5, 5.41) is 2.74. The lowest BCUT2D eigenvalue weighted by molar-refractivity contribution is -0.186. The summed E-state index contributed by atoms with van der Waals surface area (Å²) in [4.78, 5) is 12.0. The zero-order valence-corrected chi connectivity index (χ0v) is 13.0. The Bertz CT molecular complexity index is 487. The Balaban J connectivity index is 1.86. The number of hydrogen-bond acceptors (Lipinski definition) is 1. The van der Waals surface area contributed by atoms with Crippen molar-refractivity contribution >= 4 is 21.8 Å². The maximum atomic E-state index is 12.7. The maximum Gasteiger partial charge on any atom is 0.391 e. The molecule has 2 nitrogen and oxygen atoms in total. The summed E-state index contributed by atoms with van der Waals surface area (Å²) in [6.45, 7) is 0.347. The largest absolute Gasteiger partial charge is 0.391 e. The van der Waals surface area contributed by atoms with Crippen molar-refractivity contribution in [3.05, 3.63) is 34.3 Å². The van der Waals surface area contributed by atoms with Crippen molar-refractivity contribution in [2.75, 3.05) is 0 Å². The first-order valence-electron chi connectivity index (χ1n) is 6.95. The van der Waals surface area contributed by atoms with Gasteiger partial charge in [0.05, 0.1) is 5.92 Å². The summed E-state index contributed by atoms with van der Waals surface area (Å²) < 4.78 is 39.1. The van der Waals surface area contributed by atoms with E-state index in [0.29, 0.717) is 19.4 Å². The molecule has 2 atom stereocenters. The number of carbonyl (C=O) groups is 1. The van der Waals surface area contributed by atoms with Gasteiger partial charge in [-0.3, -0.25) is 4.79 Å². The Morgan fingerprint density at radius 2 is 1.90 bits per heavy atom. The molecule has 0 saturated heterocycles. The standard InChI is InChI=1S/C15H17BrF3NO/c16-13-6-4-10(5-7-13)9-20-14(21)11-2-1-3-12(8-11)15(17,18)19/h4-7,11-12H,1-3,8-9H2,(H,20,21). The van der Waals surface area contributed by atoms with E-state index in [1.807, 2.05) is 24.3 Å². The third-order valence-electron chi connectivity index (χ3n) is 3.89. The SMILES string of the molecule is O=C(NCc1ccc(Br)cc1)C1CCCC(C(F)(F)F)C1. The molecule has 0 aliphatic heterocycles. The summed E-state index contributed by atoms with van der Waals surface area (Å²) in [6, 6.07) is 7.46. The van der Waals surface area contributed by atoms with E-state index in [4.69, 9.17) is 0 Å². The highest BCUT2D eigenvalue weighted by Gasteiger charge is 2.43. The zero-order valence-electron chi connectivity index (χ0n) is 11.4. The highest BCUT2D eigenvalue weighted by molar-refractivity contribution is 9.10. The first-order chi connectivity index (χ1) is 9.86. The molecular weight excluding hydrogens is 347 g/mol. The van der Waals surface area contributed by atoms with Gasteiger partial charge >= 0.3 is 6.18 Å². The number of rotatable bonds is 3. The average molecular weight is 364 g/mol. The maximum absolute atomic E-state index is 12.7. The fraction of sp³-hybridized carbons (Fsp3) is 0.533. The van der Waals surface area contributed by atoms with Crippen LogP contribution in [0.5, 0.6) is 0 Å². The van der Waals surface area contributed by atoms with Crippen molar-refractivity contribution in [3.8, 4) is 0 Å². The fourth-order valence-corrected chi connectivity index (χ4v) is 2.93. The Kier molecular flexibility index (Phi) is 5.30. The van der Waals surface area contributed by atoms with E-state index in [1.54, 1.807) is 0 Å². The highest BCUT2D eigenvalue weighted by Crippen LogP contribution is 2.39. The van der Waals surface area contributed by atoms with E-state index >= 15 is 0 Å². The van der Waals surface area contributed by atoms with Crippen molar-refractivity contribution in [2.45, 2.75) is 38.4 Å². The van der Waals surface area contributed by atoms with Crippen LogP contribution in [0, 0.1) is 11.8 Å². The van der Waals surface area contributed by atoms with Gasteiger partial charge in [0, 0.05) is 16.9 Å². The van der Waals surface area contributed by atoms with E-state index < -0.39 is 18.0 Å². The summed E-state index contributed by atoms with van der Waals surface area (Å²) in [5.41, 5.74) is 0.926. The molecule has 6 heteroatoms. The van der Waals surface area contributed by atoms with Crippen LogP contribution >= 0.6 is 15.9 Å². The quantitative estimate of drug-likeness (QED) is 0.845. The molecule has 0 radical (unpaired) electrons. The molecule has 1 amide bonds. The van der Waals surface area contributed by atoms with Crippen molar-refractivity contribution in [1.82, 2.24) is 5.32 Å². The molecule has 1 aliphatic rings. The number of benzene rings is 1.